The average Bonchev–Trinajstić information content (AvgIpc) is 3.28. The summed E-state index contributed by atoms with van der Waals surface area (Å²) >= 11 is 0. The van der Waals surface area contributed by atoms with E-state index < -0.39 is 12.0 Å². The van der Waals surface area contributed by atoms with Crippen LogP contribution >= 0.6 is 0 Å². The number of nitrogens with one attached hydrogen (secondary N) is 1. The lowest BCUT2D eigenvalue weighted by Crippen LogP contribution is -2.41. The number of carbonyl (C=O) groups excluding carboxylic acids is 1. The maximum absolute atomic E-state index is 13.2. The number of halogens is 3. The third-order valence-electron chi connectivity index (χ3n) is 6.92. The number of fused-ring (bicyclic) bond motifs is 2. The molecule has 2 aromatic heterocycles. The second kappa shape index (κ2) is 8.88. The Morgan fingerprint density at radius 3 is 2.53 bits per heavy atom. The highest BCUT2D eigenvalue weighted by Gasteiger charge is 2.38. The van der Waals surface area contributed by atoms with E-state index in [1.807, 2.05) is 11.8 Å². The molecule has 3 aromatic rings. The van der Waals surface area contributed by atoms with Gasteiger partial charge in [0, 0.05) is 19.0 Å². The highest BCUT2D eigenvalue weighted by atomic mass is 19.4. The molecule has 7 nitrogen and oxygen atoms in total. The van der Waals surface area contributed by atoms with Crippen molar-refractivity contribution in [3.63, 3.8) is 0 Å². The van der Waals surface area contributed by atoms with E-state index >= 15 is 0 Å². The Morgan fingerprint density at radius 2 is 1.79 bits per heavy atom. The number of amides is 1. The molecule has 1 fully saturated rings. The maximum atomic E-state index is 13.2. The summed E-state index contributed by atoms with van der Waals surface area (Å²) in [7, 11) is 0. The molecule has 0 saturated carbocycles. The average molecular weight is 473 g/mol. The third-order valence-corrected chi connectivity index (χ3v) is 6.92. The predicted molar refractivity (Wildman–Crippen MR) is 120 cm³/mol. The summed E-state index contributed by atoms with van der Waals surface area (Å²) in [6, 6.07) is 9.57. The molecule has 1 amide bonds. The van der Waals surface area contributed by atoms with Gasteiger partial charge in [-0.25, -0.2) is 0 Å². The number of carbonyl (C=O) groups is 1. The maximum Gasteiger partial charge on any atom is 0.453 e. The minimum Gasteiger partial charge on any atom is -0.355 e. The number of hydrogen-bond donors (Lipinski definition) is 1. The molecule has 1 aliphatic heterocycles. The number of aromatic nitrogens is 4. The standard InChI is InChI=1S/C24H27F3N6O/c1-15(18-7-6-16-4-2-3-5-19(16)14-18)28-22(34)17-10-12-32(13-11-17)21-9-8-20-29-30-23(24(25,26)27)33(20)31-21/h6-9,14-15,17H,2-5,10-13H2,1H3,(H,28,34)/t15-/m1/s1. The molecule has 180 valence electrons. The molecule has 1 saturated heterocycles. The first kappa shape index (κ1) is 22.6. The van der Waals surface area contributed by atoms with Gasteiger partial charge in [-0.1, -0.05) is 18.2 Å². The Morgan fingerprint density at radius 1 is 1.06 bits per heavy atom. The summed E-state index contributed by atoms with van der Waals surface area (Å²) in [6.45, 7) is 3.08. The monoisotopic (exact) mass is 472 g/mol. The Bertz CT molecular complexity index is 1200. The predicted octanol–water partition coefficient (Wildman–Crippen LogP) is 4.12. The summed E-state index contributed by atoms with van der Waals surface area (Å²) in [5.41, 5.74) is 3.98. The van der Waals surface area contributed by atoms with Crippen LogP contribution in [-0.4, -0.2) is 38.8 Å². The van der Waals surface area contributed by atoms with Crippen molar-refractivity contribution in [2.75, 3.05) is 18.0 Å². The van der Waals surface area contributed by atoms with Crippen molar-refractivity contribution in [3.05, 3.63) is 52.8 Å². The van der Waals surface area contributed by atoms with Crippen molar-refractivity contribution in [2.24, 2.45) is 5.92 Å². The molecule has 1 aliphatic carbocycles. The molecule has 1 atom stereocenters. The van der Waals surface area contributed by atoms with Gasteiger partial charge in [-0.15, -0.1) is 15.3 Å². The first-order valence-corrected chi connectivity index (χ1v) is 11.8. The minimum absolute atomic E-state index is 0.0199. The molecule has 3 heterocycles. The zero-order valence-electron chi connectivity index (χ0n) is 19.0. The van der Waals surface area contributed by atoms with Crippen LogP contribution in [0.1, 0.15) is 61.2 Å². The topological polar surface area (TPSA) is 75.4 Å². The summed E-state index contributed by atoms with van der Waals surface area (Å²) in [6.07, 6.45) is 1.27. The minimum atomic E-state index is -4.63. The highest BCUT2D eigenvalue weighted by Crippen LogP contribution is 2.29. The largest absolute Gasteiger partial charge is 0.453 e. The van der Waals surface area contributed by atoms with Gasteiger partial charge in [0.05, 0.1) is 6.04 Å². The Hall–Kier alpha value is -3.17. The van der Waals surface area contributed by atoms with Crippen LogP contribution in [0.15, 0.2) is 30.3 Å². The number of alkyl halides is 3. The van der Waals surface area contributed by atoms with Crippen LogP contribution in [0.25, 0.3) is 5.65 Å². The molecule has 0 bridgehead atoms. The van der Waals surface area contributed by atoms with Crippen LogP contribution in [0.5, 0.6) is 0 Å². The third kappa shape index (κ3) is 4.45. The molecule has 1 aromatic carbocycles. The molecule has 0 spiro atoms. The zero-order valence-corrected chi connectivity index (χ0v) is 19.0. The van der Waals surface area contributed by atoms with Crippen molar-refractivity contribution < 1.29 is 18.0 Å². The summed E-state index contributed by atoms with van der Waals surface area (Å²) in [5, 5.41) is 14.0. The summed E-state index contributed by atoms with van der Waals surface area (Å²) < 4.78 is 40.2. The van der Waals surface area contributed by atoms with E-state index in [4.69, 9.17) is 0 Å². The molecule has 0 unspecified atom stereocenters. The van der Waals surface area contributed by atoms with Crippen molar-refractivity contribution >= 4 is 17.4 Å². The van der Waals surface area contributed by atoms with Crippen LogP contribution in [0.3, 0.4) is 0 Å². The Labute approximate surface area is 195 Å². The second-order valence-electron chi connectivity index (χ2n) is 9.21. The number of nitrogens with zero attached hydrogens (tertiary/aromatic N) is 5. The number of aryl methyl sites for hydroxylation is 2. The molecule has 5 rings (SSSR count). The molecular weight excluding hydrogens is 445 g/mol. The van der Waals surface area contributed by atoms with E-state index in [-0.39, 0.29) is 23.5 Å². The van der Waals surface area contributed by atoms with Gasteiger partial charge < -0.3 is 10.2 Å². The Kier molecular flexibility index (Phi) is 5.91. The number of rotatable bonds is 4. The first-order chi connectivity index (χ1) is 16.3. The number of piperidine rings is 1. The lowest BCUT2D eigenvalue weighted by atomic mass is 9.89. The van der Waals surface area contributed by atoms with Crippen molar-refractivity contribution in [3.8, 4) is 0 Å². The van der Waals surface area contributed by atoms with Crippen LogP contribution in [-0.2, 0) is 23.8 Å². The second-order valence-corrected chi connectivity index (χ2v) is 9.21. The van der Waals surface area contributed by atoms with Gasteiger partial charge in [-0.2, -0.15) is 17.7 Å². The fourth-order valence-corrected chi connectivity index (χ4v) is 4.93. The normalized spacial score (nSPS) is 18.1. The van der Waals surface area contributed by atoms with E-state index in [1.54, 1.807) is 6.07 Å². The van der Waals surface area contributed by atoms with E-state index in [1.165, 1.54) is 30.0 Å². The van der Waals surface area contributed by atoms with Gasteiger partial charge in [-0.05, 0) is 74.3 Å². The van der Waals surface area contributed by atoms with Gasteiger partial charge in [0.2, 0.25) is 5.91 Å². The lowest BCUT2D eigenvalue weighted by molar-refractivity contribution is -0.146. The van der Waals surface area contributed by atoms with E-state index in [2.05, 4.69) is 38.8 Å². The van der Waals surface area contributed by atoms with Gasteiger partial charge in [0.15, 0.2) is 5.65 Å². The van der Waals surface area contributed by atoms with E-state index in [0.29, 0.717) is 31.7 Å². The smallest absolute Gasteiger partial charge is 0.355 e. The molecule has 34 heavy (non-hydrogen) atoms. The number of benzene rings is 1. The van der Waals surface area contributed by atoms with Gasteiger partial charge >= 0.3 is 6.18 Å². The fourth-order valence-electron chi connectivity index (χ4n) is 4.93. The van der Waals surface area contributed by atoms with Crippen LogP contribution < -0.4 is 10.2 Å². The molecule has 0 radical (unpaired) electrons. The molecule has 2 aliphatic rings. The van der Waals surface area contributed by atoms with Crippen LogP contribution in [0.2, 0.25) is 0 Å². The molecular formula is C24H27F3N6O. The first-order valence-electron chi connectivity index (χ1n) is 11.8. The van der Waals surface area contributed by atoms with E-state index in [0.717, 1.165) is 22.9 Å². The van der Waals surface area contributed by atoms with Crippen molar-refractivity contribution in [2.45, 2.75) is 57.7 Å². The number of anilines is 1. The fraction of sp³-hybridized carbons (Fsp3) is 0.500. The van der Waals surface area contributed by atoms with Gasteiger partial charge in [-0.3, -0.25) is 4.79 Å². The van der Waals surface area contributed by atoms with Crippen molar-refractivity contribution in [1.29, 1.82) is 0 Å². The van der Waals surface area contributed by atoms with Crippen LogP contribution in [0.4, 0.5) is 19.0 Å². The molecule has 10 heteroatoms. The van der Waals surface area contributed by atoms with Crippen molar-refractivity contribution in [1.82, 2.24) is 25.1 Å². The van der Waals surface area contributed by atoms with Gasteiger partial charge in [0.25, 0.3) is 5.82 Å². The summed E-state index contributed by atoms with van der Waals surface area (Å²) in [4.78, 5) is 14.8. The summed E-state index contributed by atoms with van der Waals surface area (Å²) in [5.74, 6) is -0.846. The lowest BCUT2D eigenvalue weighted by Gasteiger charge is -2.32. The van der Waals surface area contributed by atoms with Gasteiger partial charge in [0.1, 0.15) is 5.82 Å². The quantitative estimate of drug-likeness (QED) is 0.619. The Balaban J connectivity index is 1.21. The number of hydrogen-bond acceptors (Lipinski definition) is 5. The SMILES string of the molecule is C[C@@H](NC(=O)C1CCN(c2ccc3nnc(C(F)(F)F)n3n2)CC1)c1ccc2c(c1)CCCC2. The highest BCUT2D eigenvalue weighted by molar-refractivity contribution is 5.79. The molecule has 1 N–H and O–H groups in total. The van der Waals surface area contributed by atoms with Crippen LogP contribution in [0, 0.1) is 5.92 Å². The van der Waals surface area contributed by atoms with E-state index in [9.17, 15) is 18.0 Å². The zero-order chi connectivity index (χ0) is 23.9.